The SMILES string of the molecule is CCCn1c(=O)c2c(nnn2CCN2CCCCC2)n(-c2ccccc2)c1=O. The average Bonchev–Trinajstić information content (AvgIpc) is 3.15. The van der Waals surface area contributed by atoms with Crippen LogP contribution in [0.4, 0.5) is 0 Å². The van der Waals surface area contributed by atoms with Gasteiger partial charge >= 0.3 is 5.69 Å². The molecule has 0 radical (unpaired) electrons. The van der Waals surface area contributed by atoms with E-state index in [0.717, 1.165) is 19.6 Å². The molecule has 4 rings (SSSR count). The van der Waals surface area contributed by atoms with Gasteiger partial charge in [-0.2, -0.15) is 0 Å². The molecule has 8 nitrogen and oxygen atoms in total. The van der Waals surface area contributed by atoms with Crippen LogP contribution in [0, 0.1) is 0 Å². The standard InChI is InChI=1S/C20H26N6O2/c1-2-11-24-19(27)17-18(26(20(24)28)16-9-5-3-6-10-16)21-22-25(17)15-14-23-12-7-4-8-13-23/h3,5-6,9-10H,2,4,7-8,11-15H2,1H3. The second-order valence-corrected chi connectivity index (χ2v) is 7.30. The minimum Gasteiger partial charge on any atom is -0.301 e. The fourth-order valence-electron chi connectivity index (χ4n) is 3.89. The monoisotopic (exact) mass is 382 g/mol. The maximum Gasteiger partial charge on any atom is 0.337 e. The summed E-state index contributed by atoms with van der Waals surface area (Å²) in [5.74, 6) is 0. The van der Waals surface area contributed by atoms with Crippen molar-refractivity contribution in [1.29, 1.82) is 0 Å². The van der Waals surface area contributed by atoms with E-state index < -0.39 is 0 Å². The normalized spacial score (nSPS) is 15.3. The van der Waals surface area contributed by atoms with Crippen LogP contribution >= 0.6 is 0 Å². The molecule has 1 aromatic carbocycles. The zero-order valence-electron chi connectivity index (χ0n) is 16.3. The number of piperidine rings is 1. The Labute approximate surface area is 163 Å². The zero-order valence-corrected chi connectivity index (χ0v) is 16.3. The third-order valence-corrected chi connectivity index (χ3v) is 5.34. The molecule has 0 N–H and O–H groups in total. The molecule has 8 heteroatoms. The quantitative estimate of drug-likeness (QED) is 0.648. The van der Waals surface area contributed by atoms with Crippen molar-refractivity contribution in [3.8, 4) is 5.69 Å². The molecule has 1 saturated heterocycles. The van der Waals surface area contributed by atoms with E-state index in [1.807, 2.05) is 37.3 Å². The van der Waals surface area contributed by atoms with Crippen LogP contribution in [0.25, 0.3) is 16.9 Å². The highest BCUT2D eigenvalue weighted by Crippen LogP contribution is 2.13. The molecule has 0 unspecified atom stereocenters. The van der Waals surface area contributed by atoms with Gasteiger partial charge in [0, 0.05) is 13.1 Å². The maximum absolute atomic E-state index is 13.1. The minimum absolute atomic E-state index is 0.308. The number of hydrogen-bond acceptors (Lipinski definition) is 5. The Kier molecular flexibility index (Phi) is 5.38. The van der Waals surface area contributed by atoms with Crippen LogP contribution in [-0.2, 0) is 13.1 Å². The molecule has 0 atom stereocenters. The van der Waals surface area contributed by atoms with E-state index >= 15 is 0 Å². The molecule has 1 fully saturated rings. The molecular weight excluding hydrogens is 356 g/mol. The number of rotatable bonds is 6. The molecule has 0 saturated carbocycles. The molecule has 0 aliphatic carbocycles. The van der Waals surface area contributed by atoms with Crippen LogP contribution in [-0.4, -0.2) is 48.7 Å². The molecule has 3 aromatic rings. The highest BCUT2D eigenvalue weighted by atomic mass is 16.2. The van der Waals surface area contributed by atoms with Crippen molar-refractivity contribution in [2.75, 3.05) is 19.6 Å². The Balaban J connectivity index is 1.82. The lowest BCUT2D eigenvalue weighted by molar-refractivity contribution is 0.218. The number of benzene rings is 1. The van der Waals surface area contributed by atoms with Crippen LogP contribution in [0.3, 0.4) is 0 Å². The molecule has 0 spiro atoms. The predicted octanol–water partition coefficient (Wildman–Crippen LogP) is 1.64. The van der Waals surface area contributed by atoms with E-state index in [9.17, 15) is 9.59 Å². The number of aromatic nitrogens is 5. The summed E-state index contributed by atoms with van der Waals surface area (Å²) in [6.07, 6.45) is 4.42. The number of likely N-dealkylation sites (tertiary alicyclic amines) is 1. The molecule has 3 heterocycles. The zero-order chi connectivity index (χ0) is 19.5. The lowest BCUT2D eigenvalue weighted by Crippen LogP contribution is -2.40. The largest absolute Gasteiger partial charge is 0.337 e. The van der Waals surface area contributed by atoms with E-state index in [4.69, 9.17) is 0 Å². The number of hydrogen-bond donors (Lipinski definition) is 0. The topological polar surface area (TPSA) is 78.0 Å². The summed E-state index contributed by atoms with van der Waals surface area (Å²) >= 11 is 0. The maximum atomic E-state index is 13.1. The van der Waals surface area contributed by atoms with Crippen molar-refractivity contribution >= 4 is 11.2 Å². The van der Waals surface area contributed by atoms with Crippen molar-refractivity contribution < 1.29 is 0 Å². The van der Waals surface area contributed by atoms with E-state index in [0.29, 0.717) is 36.4 Å². The first kappa shape index (κ1) is 18.6. The van der Waals surface area contributed by atoms with Gasteiger partial charge in [0.2, 0.25) is 0 Å². The molecule has 1 aliphatic rings. The Bertz CT molecular complexity index is 1060. The average molecular weight is 382 g/mol. The third kappa shape index (κ3) is 3.40. The summed E-state index contributed by atoms with van der Waals surface area (Å²) in [7, 11) is 0. The summed E-state index contributed by atoms with van der Waals surface area (Å²) < 4.78 is 4.46. The fraction of sp³-hybridized carbons (Fsp3) is 0.500. The lowest BCUT2D eigenvalue weighted by atomic mass is 10.1. The smallest absolute Gasteiger partial charge is 0.301 e. The Hall–Kier alpha value is -2.74. The Morgan fingerprint density at radius 1 is 0.964 bits per heavy atom. The third-order valence-electron chi connectivity index (χ3n) is 5.34. The van der Waals surface area contributed by atoms with E-state index in [-0.39, 0.29) is 11.2 Å². The summed E-state index contributed by atoms with van der Waals surface area (Å²) in [5.41, 5.74) is 0.734. The Morgan fingerprint density at radius 3 is 2.43 bits per heavy atom. The molecule has 148 valence electrons. The molecule has 1 aliphatic heterocycles. The summed E-state index contributed by atoms with van der Waals surface area (Å²) in [4.78, 5) is 28.5. The number of fused-ring (bicyclic) bond motifs is 1. The first-order chi connectivity index (χ1) is 13.7. The van der Waals surface area contributed by atoms with Gasteiger partial charge in [-0.25, -0.2) is 14.0 Å². The van der Waals surface area contributed by atoms with E-state index in [1.165, 1.54) is 28.4 Å². The summed E-state index contributed by atoms with van der Waals surface area (Å²) in [5, 5.41) is 8.46. The molecule has 28 heavy (non-hydrogen) atoms. The van der Waals surface area contributed by atoms with Crippen LogP contribution in [0.15, 0.2) is 39.9 Å². The highest BCUT2D eigenvalue weighted by molar-refractivity contribution is 5.71. The molecule has 2 aromatic heterocycles. The summed E-state index contributed by atoms with van der Waals surface area (Å²) in [6, 6.07) is 9.30. The van der Waals surface area contributed by atoms with Crippen molar-refractivity contribution in [2.45, 2.75) is 45.7 Å². The summed E-state index contributed by atoms with van der Waals surface area (Å²) in [6.45, 7) is 5.91. The molecule has 0 bridgehead atoms. The van der Waals surface area contributed by atoms with Crippen molar-refractivity contribution in [2.24, 2.45) is 0 Å². The fourth-order valence-corrected chi connectivity index (χ4v) is 3.89. The molecular formula is C20H26N6O2. The molecule has 0 amide bonds. The van der Waals surface area contributed by atoms with Gasteiger partial charge in [0.25, 0.3) is 5.56 Å². The first-order valence-electron chi connectivity index (χ1n) is 10.1. The first-order valence-corrected chi connectivity index (χ1v) is 10.1. The van der Waals surface area contributed by atoms with E-state index in [1.54, 1.807) is 4.68 Å². The van der Waals surface area contributed by atoms with Gasteiger partial charge in [-0.15, -0.1) is 5.10 Å². The van der Waals surface area contributed by atoms with Crippen molar-refractivity contribution in [1.82, 2.24) is 29.0 Å². The van der Waals surface area contributed by atoms with Gasteiger partial charge in [-0.1, -0.05) is 36.8 Å². The van der Waals surface area contributed by atoms with Gasteiger partial charge in [-0.05, 0) is 44.5 Å². The second-order valence-electron chi connectivity index (χ2n) is 7.30. The second kappa shape index (κ2) is 8.10. The van der Waals surface area contributed by atoms with Gasteiger partial charge < -0.3 is 4.90 Å². The van der Waals surface area contributed by atoms with Crippen molar-refractivity contribution in [3.63, 3.8) is 0 Å². The predicted molar refractivity (Wildman–Crippen MR) is 108 cm³/mol. The van der Waals surface area contributed by atoms with E-state index in [2.05, 4.69) is 15.2 Å². The lowest BCUT2D eigenvalue weighted by Gasteiger charge is -2.26. The van der Waals surface area contributed by atoms with Crippen molar-refractivity contribution in [3.05, 3.63) is 51.2 Å². The van der Waals surface area contributed by atoms with Gasteiger partial charge in [0.1, 0.15) is 0 Å². The number of nitrogens with zero attached hydrogens (tertiary/aromatic N) is 6. The van der Waals surface area contributed by atoms with Crippen LogP contribution in [0.5, 0.6) is 0 Å². The minimum atomic E-state index is -0.367. The highest BCUT2D eigenvalue weighted by Gasteiger charge is 2.20. The van der Waals surface area contributed by atoms with Crippen LogP contribution in [0.2, 0.25) is 0 Å². The Morgan fingerprint density at radius 2 is 1.71 bits per heavy atom. The van der Waals surface area contributed by atoms with Gasteiger partial charge in [-0.3, -0.25) is 9.36 Å². The van der Waals surface area contributed by atoms with Gasteiger partial charge in [0.15, 0.2) is 11.2 Å². The van der Waals surface area contributed by atoms with Crippen LogP contribution in [0.1, 0.15) is 32.6 Å². The van der Waals surface area contributed by atoms with Crippen LogP contribution < -0.4 is 11.2 Å². The number of para-hydroxylation sites is 1. The van der Waals surface area contributed by atoms with Gasteiger partial charge in [0.05, 0.1) is 12.2 Å².